The van der Waals surface area contributed by atoms with Crippen LogP contribution in [-0.2, 0) is 11.3 Å². The fraction of sp³-hybridized carbons (Fsp3) is 0.571. The van der Waals surface area contributed by atoms with Crippen molar-refractivity contribution in [2.24, 2.45) is 5.84 Å². The molecule has 0 radical (unpaired) electrons. The summed E-state index contributed by atoms with van der Waals surface area (Å²) in [7, 11) is 1.68. The van der Waals surface area contributed by atoms with Crippen LogP contribution in [0.25, 0.3) is 0 Å². The number of hydrogen-bond acceptors (Lipinski definition) is 6. The fourth-order valence-electron chi connectivity index (χ4n) is 2.11. The number of rotatable bonds is 9. The monoisotopic (exact) mass is 296 g/mol. The van der Waals surface area contributed by atoms with Gasteiger partial charge in [-0.05, 0) is 25.0 Å². The van der Waals surface area contributed by atoms with Crippen LogP contribution in [0.5, 0.6) is 0 Å². The Labute approximate surface area is 125 Å². The van der Waals surface area contributed by atoms with Crippen molar-refractivity contribution in [1.82, 2.24) is 4.90 Å². The molecule has 0 amide bonds. The van der Waals surface area contributed by atoms with Gasteiger partial charge in [0.05, 0.1) is 11.5 Å². The highest BCUT2D eigenvalue weighted by Crippen LogP contribution is 2.25. The SMILES string of the molecule is CCC(C)N(CCOC)Cc1ccc([N+](=O)[O-])c(NN)c1. The van der Waals surface area contributed by atoms with Gasteiger partial charge in [0.2, 0.25) is 0 Å². The molecule has 1 unspecified atom stereocenters. The van der Waals surface area contributed by atoms with Crippen molar-refractivity contribution in [3.63, 3.8) is 0 Å². The summed E-state index contributed by atoms with van der Waals surface area (Å²) in [6.45, 7) is 6.45. The number of nitro groups is 1. The Bertz CT molecular complexity index is 468. The standard InChI is InChI=1S/C14H24N4O3/c1-4-11(2)17(7-8-21-3)10-12-5-6-14(18(19)20)13(9-12)16-15/h5-6,9,11,16H,4,7-8,10,15H2,1-3H3. The first kappa shape index (κ1) is 17.4. The third-order valence-electron chi connectivity index (χ3n) is 3.60. The molecule has 0 aliphatic rings. The number of nitrogen functional groups attached to an aromatic ring is 1. The summed E-state index contributed by atoms with van der Waals surface area (Å²) in [5, 5.41) is 10.9. The lowest BCUT2D eigenvalue weighted by atomic mass is 10.1. The van der Waals surface area contributed by atoms with Gasteiger partial charge in [-0.1, -0.05) is 13.0 Å². The molecule has 0 aliphatic carbocycles. The maximum Gasteiger partial charge on any atom is 0.293 e. The molecule has 7 heteroatoms. The van der Waals surface area contributed by atoms with Gasteiger partial charge in [-0.2, -0.15) is 0 Å². The molecule has 0 spiro atoms. The molecule has 1 atom stereocenters. The smallest absolute Gasteiger partial charge is 0.293 e. The topological polar surface area (TPSA) is 93.7 Å². The number of ether oxygens (including phenoxy) is 1. The molecular formula is C14H24N4O3. The van der Waals surface area contributed by atoms with E-state index in [0.717, 1.165) is 18.5 Å². The molecular weight excluding hydrogens is 272 g/mol. The van der Waals surface area contributed by atoms with Crippen LogP contribution in [-0.4, -0.2) is 36.1 Å². The van der Waals surface area contributed by atoms with E-state index in [2.05, 4.69) is 24.2 Å². The molecule has 118 valence electrons. The van der Waals surface area contributed by atoms with E-state index >= 15 is 0 Å². The Kier molecular flexibility index (Phi) is 7.07. The number of nitrogens with zero attached hydrogens (tertiary/aromatic N) is 2. The van der Waals surface area contributed by atoms with Gasteiger partial charge in [0.25, 0.3) is 5.69 Å². The Balaban J connectivity index is 2.90. The van der Waals surface area contributed by atoms with Crippen LogP contribution in [0, 0.1) is 10.1 Å². The average molecular weight is 296 g/mol. The van der Waals surface area contributed by atoms with E-state index in [-0.39, 0.29) is 5.69 Å². The second-order valence-electron chi connectivity index (χ2n) is 4.97. The zero-order valence-corrected chi connectivity index (χ0v) is 12.8. The van der Waals surface area contributed by atoms with Crippen molar-refractivity contribution in [1.29, 1.82) is 0 Å². The molecule has 0 aliphatic heterocycles. The summed E-state index contributed by atoms with van der Waals surface area (Å²) < 4.78 is 5.14. The first-order valence-corrected chi connectivity index (χ1v) is 7.00. The van der Waals surface area contributed by atoms with Crippen LogP contribution >= 0.6 is 0 Å². The van der Waals surface area contributed by atoms with E-state index in [0.29, 0.717) is 24.9 Å². The maximum atomic E-state index is 10.9. The van der Waals surface area contributed by atoms with Crippen molar-refractivity contribution >= 4 is 11.4 Å². The summed E-state index contributed by atoms with van der Waals surface area (Å²) in [6.07, 6.45) is 1.03. The lowest BCUT2D eigenvalue weighted by Crippen LogP contribution is -2.34. The predicted octanol–water partition coefficient (Wildman–Crippen LogP) is 2.13. The molecule has 3 N–H and O–H groups in total. The first-order valence-electron chi connectivity index (χ1n) is 7.00. The minimum Gasteiger partial charge on any atom is -0.383 e. The summed E-state index contributed by atoms with van der Waals surface area (Å²) >= 11 is 0. The lowest BCUT2D eigenvalue weighted by molar-refractivity contribution is -0.384. The molecule has 1 rings (SSSR count). The van der Waals surface area contributed by atoms with Crippen molar-refractivity contribution in [3.05, 3.63) is 33.9 Å². The highest BCUT2D eigenvalue weighted by molar-refractivity contribution is 5.62. The highest BCUT2D eigenvalue weighted by Gasteiger charge is 2.16. The number of nitro benzene ring substituents is 1. The second kappa shape index (κ2) is 8.56. The van der Waals surface area contributed by atoms with Gasteiger partial charge in [-0.15, -0.1) is 0 Å². The van der Waals surface area contributed by atoms with Gasteiger partial charge < -0.3 is 10.2 Å². The van der Waals surface area contributed by atoms with Gasteiger partial charge in [-0.3, -0.25) is 20.9 Å². The molecule has 21 heavy (non-hydrogen) atoms. The van der Waals surface area contributed by atoms with Gasteiger partial charge in [0.15, 0.2) is 0 Å². The Morgan fingerprint density at radius 2 is 2.24 bits per heavy atom. The summed E-state index contributed by atoms with van der Waals surface area (Å²) in [4.78, 5) is 12.7. The average Bonchev–Trinajstić information content (AvgIpc) is 2.50. The largest absolute Gasteiger partial charge is 0.383 e. The minimum atomic E-state index is -0.448. The number of hydrogen-bond donors (Lipinski definition) is 2. The van der Waals surface area contributed by atoms with Crippen LogP contribution in [0.2, 0.25) is 0 Å². The Morgan fingerprint density at radius 1 is 1.52 bits per heavy atom. The van der Waals surface area contributed by atoms with E-state index in [9.17, 15) is 10.1 Å². The molecule has 1 aromatic rings. The number of benzene rings is 1. The third kappa shape index (κ3) is 4.96. The summed E-state index contributed by atoms with van der Waals surface area (Å²) in [5.41, 5.74) is 3.68. The molecule has 0 bridgehead atoms. The molecule has 0 fully saturated rings. The zero-order chi connectivity index (χ0) is 15.8. The van der Waals surface area contributed by atoms with Crippen molar-refractivity contribution in [2.75, 3.05) is 25.7 Å². The van der Waals surface area contributed by atoms with Crippen LogP contribution in [0.3, 0.4) is 0 Å². The Morgan fingerprint density at radius 3 is 2.76 bits per heavy atom. The maximum absolute atomic E-state index is 10.9. The predicted molar refractivity (Wildman–Crippen MR) is 82.9 cm³/mol. The first-order chi connectivity index (χ1) is 10.0. The fourth-order valence-corrected chi connectivity index (χ4v) is 2.11. The Hall–Kier alpha value is -1.70. The normalized spacial score (nSPS) is 12.4. The van der Waals surface area contributed by atoms with Crippen molar-refractivity contribution < 1.29 is 9.66 Å². The lowest BCUT2D eigenvalue weighted by Gasteiger charge is -2.28. The zero-order valence-electron chi connectivity index (χ0n) is 12.8. The van der Waals surface area contributed by atoms with Gasteiger partial charge in [-0.25, -0.2) is 0 Å². The van der Waals surface area contributed by atoms with Crippen molar-refractivity contribution in [2.45, 2.75) is 32.9 Å². The van der Waals surface area contributed by atoms with E-state index in [1.54, 1.807) is 19.2 Å². The van der Waals surface area contributed by atoms with Crippen molar-refractivity contribution in [3.8, 4) is 0 Å². The molecule has 0 saturated heterocycles. The molecule has 0 aromatic heterocycles. The number of nitrogens with two attached hydrogens (primary N) is 1. The van der Waals surface area contributed by atoms with Crippen LogP contribution in [0.15, 0.2) is 18.2 Å². The third-order valence-corrected chi connectivity index (χ3v) is 3.60. The van der Waals surface area contributed by atoms with Crippen LogP contribution in [0.4, 0.5) is 11.4 Å². The van der Waals surface area contributed by atoms with E-state index in [1.807, 2.05) is 0 Å². The molecule has 0 saturated carbocycles. The molecule has 7 nitrogen and oxygen atoms in total. The van der Waals surface area contributed by atoms with E-state index < -0.39 is 4.92 Å². The van der Waals surface area contributed by atoms with Crippen LogP contribution < -0.4 is 11.3 Å². The van der Waals surface area contributed by atoms with Gasteiger partial charge in [0.1, 0.15) is 5.69 Å². The molecule has 1 aromatic carbocycles. The second-order valence-corrected chi connectivity index (χ2v) is 4.97. The quantitative estimate of drug-likeness (QED) is 0.412. The number of anilines is 1. The van der Waals surface area contributed by atoms with Gasteiger partial charge >= 0.3 is 0 Å². The van der Waals surface area contributed by atoms with Crippen LogP contribution in [0.1, 0.15) is 25.8 Å². The summed E-state index contributed by atoms with van der Waals surface area (Å²) in [6, 6.07) is 5.38. The number of hydrazine groups is 1. The number of nitrogens with one attached hydrogen (secondary N) is 1. The van der Waals surface area contributed by atoms with E-state index in [1.165, 1.54) is 6.07 Å². The molecule has 0 heterocycles. The summed E-state index contributed by atoms with van der Waals surface area (Å²) in [5.74, 6) is 5.37. The minimum absolute atomic E-state index is 0.0202. The van der Waals surface area contributed by atoms with E-state index in [4.69, 9.17) is 10.6 Å². The number of methoxy groups -OCH3 is 1. The highest BCUT2D eigenvalue weighted by atomic mass is 16.6. The van der Waals surface area contributed by atoms with Gasteiger partial charge in [0, 0.05) is 32.3 Å².